The number of benzene rings is 4. The molecule has 0 spiro atoms. The van der Waals surface area contributed by atoms with Crippen molar-refractivity contribution in [3.63, 3.8) is 0 Å². The molecule has 62 heavy (non-hydrogen) atoms. The van der Waals surface area contributed by atoms with Crippen LogP contribution in [0.4, 0.5) is 11.4 Å². The number of unbranched alkanes of at least 4 members (excludes halogenated alkanes) is 2. The first-order chi connectivity index (χ1) is 29.6. The van der Waals surface area contributed by atoms with Crippen LogP contribution in [-0.4, -0.2) is 70.6 Å². The summed E-state index contributed by atoms with van der Waals surface area (Å²) in [6.07, 6.45) is 13.3. The molecule has 0 aliphatic carbocycles. The van der Waals surface area contributed by atoms with Crippen LogP contribution in [0.15, 0.2) is 121 Å². The van der Waals surface area contributed by atoms with E-state index in [1.165, 1.54) is 22.0 Å². The maximum Gasteiger partial charge on any atom is 0.303 e. The van der Waals surface area contributed by atoms with Gasteiger partial charge in [0.15, 0.2) is 5.71 Å². The van der Waals surface area contributed by atoms with Gasteiger partial charge in [-0.25, -0.2) is 0 Å². The molecule has 11 heteroatoms. The lowest BCUT2D eigenvalue weighted by atomic mass is 9.79. The zero-order valence-electron chi connectivity index (χ0n) is 36.3. The number of rotatable bonds is 17. The highest BCUT2D eigenvalue weighted by Gasteiger charge is 2.45. The zero-order chi connectivity index (χ0) is 44.2. The van der Waals surface area contributed by atoms with Gasteiger partial charge in [-0.1, -0.05) is 87.9 Å². The number of nitrogens with zero attached hydrogens (tertiary/aromatic N) is 3. The number of carboxylic acid groups (broad SMARTS) is 1. The van der Waals surface area contributed by atoms with Crippen LogP contribution in [-0.2, 0) is 25.7 Å². The summed E-state index contributed by atoms with van der Waals surface area (Å²) in [5.41, 5.74) is 7.89. The molecule has 0 bridgehead atoms. The fraction of sp³-hybridized carbons (Fsp3) is 0.333. The molecule has 2 aliphatic heterocycles. The fourth-order valence-corrected chi connectivity index (χ4v) is 9.82. The minimum Gasteiger partial charge on any atom is -0.481 e. The van der Waals surface area contributed by atoms with E-state index in [4.69, 9.17) is 10.1 Å². The molecule has 3 N–H and O–H groups in total. The van der Waals surface area contributed by atoms with E-state index in [0.717, 1.165) is 52.0 Å². The maximum absolute atomic E-state index is 13.1. The predicted molar refractivity (Wildman–Crippen MR) is 250 cm³/mol. The van der Waals surface area contributed by atoms with E-state index in [-0.39, 0.29) is 29.9 Å². The molecule has 0 atom stereocenters. The van der Waals surface area contributed by atoms with E-state index in [2.05, 4.69) is 134 Å². The molecule has 322 valence electrons. The number of nitrogens with one attached hydrogen (secondary N) is 1. The first-order valence-corrected chi connectivity index (χ1v) is 23.2. The standard InChI is InChI=1S/C51H56N4O6S/c1-6-31-54-42-26-21-35-15-9-11-17-39(35)47(42)50(2,3)44(54)28-23-37(41-25-20-38(34-53-41)49(58)52-30-13-7-8-19-46(56)57)24-29-45-51(4,5)48-40-18-12-10-16-36(40)22-27-43(48)55(45)32-14-33-62(59,60)61/h9-12,15-18,20-29,34H,6-8,13-14,19,30-33H2,1-5H3,(H2-,52,56,57,58,59,60,61)/p+1. The first-order valence-electron chi connectivity index (χ1n) is 21.6. The van der Waals surface area contributed by atoms with Crippen LogP contribution in [0.1, 0.15) is 100 Å². The second-order valence-electron chi connectivity index (χ2n) is 17.3. The second kappa shape index (κ2) is 18.2. The van der Waals surface area contributed by atoms with Crippen molar-refractivity contribution in [2.24, 2.45) is 0 Å². The summed E-state index contributed by atoms with van der Waals surface area (Å²) >= 11 is 0. The minimum absolute atomic E-state index is 0.116. The summed E-state index contributed by atoms with van der Waals surface area (Å²) in [5.74, 6) is -1.41. The predicted octanol–water partition coefficient (Wildman–Crippen LogP) is 10.1. The van der Waals surface area contributed by atoms with Crippen LogP contribution in [0.3, 0.4) is 0 Å². The molecular weight excluding hydrogens is 797 g/mol. The minimum atomic E-state index is -4.15. The smallest absolute Gasteiger partial charge is 0.303 e. The number of anilines is 1. The summed E-state index contributed by atoms with van der Waals surface area (Å²) in [4.78, 5) is 31.3. The van der Waals surface area contributed by atoms with E-state index in [9.17, 15) is 22.6 Å². The molecular formula is C51H57N4O6S+. The van der Waals surface area contributed by atoms with Gasteiger partial charge in [0, 0.05) is 72.2 Å². The van der Waals surface area contributed by atoms with Crippen molar-refractivity contribution in [3.8, 4) is 0 Å². The number of carbonyl (C=O) groups excluding carboxylic acids is 1. The number of aromatic nitrogens is 1. The molecule has 5 aromatic rings. The largest absolute Gasteiger partial charge is 0.481 e. The Balaban J connectivity index is 1.30. The van der Waals surface area contributed by atoms with E-state index >= 15 is 0 Å². The molecule has 1 aromatic heterocycles. The number of amides is 1. The quantitative estimate of drug-likeness (QED) is 0.0364. The highest BCUT2D eigenvalue weighted by Crippen LogP contribution is 2.51. The lowest BCUT2D eigenvalue weighted by molar-refractivity contribution is -0.437. The molecule has 3 heterocycles. The summed E-state index contributed by atoms with van der Waals surface area (Å²) < 4.78 is 35.6. The Kier molecular flexibility index (Phi) is 13.0. The van der Waals surface area contributed by atoms with E-state index in [1.807, 2.05) is 18.2 Å². The summed E-state index contributed by atoms with van der Waals surface area (Å²) in [6, 6.07) is 29.1. The summed E-state index contributed by atoms with van der Waals surface area (Å²) in [7, 11) is -4.15. The Morgan fingerprint density at radius 2 is 1.53 bits per heavy atom. The Morgan fingerprint density at radius 1 is 0.839 bits per heavy atom. The van der Waals surface area contributed by atoms with Crippen molar-refractivity contribution in [1.82, 2.24) is 10.3 Å². The molecule has 0 saturated carbocycles. The molecule has 4 aromatic carbocycles. The second-order valence-corrected chi connectivity index (χ2v) is 18.9. The van der Waals surface area contributed by atoms with Crippen LogP contribution in [0, 0.1) is 0 Å². The van der Waals surface area contributed by atoms with Crippen LogP contribution in [0.5, 0.6) is 0 Å². The monoisotopic (exact) mass is 853 g/mol. The molecule has 10 nitrogen and oxygen atoms in total. The highest BCUT2D eigenvalue weighted by molar-refractivity contribution is 7.85. The lowest BCUT2D eigenvalue weighted by Gasteiger charge is -2.27. The number of carboxylic acids is 1. The van der Waals surface area contributed by atoms with Gasteiger partial charge in [0.1, 0.15) is 6.54 Å². The number of carbonyl (C=O) groups is 2. The fourth-order valence-electron chi connectivity index (χ4n) is 9.33. The normalized spacial score (nSPS) is 16.5. The van der Waals surface area contributed by atoms with Crippen LogP contribution < -0.4 is 10.2 Å². The number of hydrogen-bond donors (Lipinski definition) is 3. The lowest BCUT2D eigenvalue weighted by Crippen LogP contribution is -2.28. The number of aliphatic carboxylic acids is 1. The molecule has 0 radical (unpaired) electrons. The van der Waals surface area contributed by atoms with Crippen molar-refractivity contribution >= 4 is 66.2 Å². The van der Waals surface area contributed by atoms with Crippen LogP contribution in [0.2, 0.25) is 0 Å². The molecule has 1 amide bonds. The summed E-state index contributed by atoms with van der Waals surface area (Å²) in [5, 5.41) is 16.5. The van der Waals surface area contributed by atoms with Crippen molar-refractivity contribution < 1.29 is 32.2 Å². The van der Waals surface area contributed by atoms with Crippen molar-refractivity contribution in [3.05, 3.63) is 144 Å². The van der Waals surface area contributed by atoms with Crippen LogP contribution in [0.25, 0.3) is 27.1 Å². The molecule has 2 aliphatic rings. The Labute approximate surface area is 365 Å². The maximum atomic E-state index is 13.1. The van der Waals surface area contributed by atoms with E-state index in [0.29, 0.717) is 43.6 Å². The molecule has 0 fully saturated rings. The van der Waals surface area contributed by atoms with Crippen molar-refractivity contribution in [1.29, 1.82) is 0 Å². The SMILES string of the molecule is CCCN1/C(=C/C=C(/C=C/C2=[N+](CCCS(=O)(=O)O)c3ccc4ccccc4c3C2(C)C)c2ccc(C(=O)NCCCCCC(=O)O)cn2)C(C)(C)c2c1ccc1ccccc21. The van der Waals surface area contributed by atoms with Gasteiger partial charge in [-0.2, -0.15) is 13.0 Å². The Bertz CT molecular complexity index is 2760. The third-order valence-electron chi connectivity index (χ3n) is 12.3. The van der Waals surface area contributed by atoms with E-state index in [1.54, 1.807) is 12.3 Å². The average Bonchev–Trinajstić information content (AvgIpc) is 3.59. The molecule has 7 rings (SSSR count). The third kappa shape index (κ3) is 9.15. The first kappa shape index (κ1) is 44.2. The van der Waals surface area contributed by atoms with Gasteiger partial charge < -0.3 is 15.3 Å². The molecule has 0 unspecified atom stereocenters. The van der Waals surface area contributed by atoms with Gasteiger partial charge in [0.25, 0.3) is 16.0 Å². The van der Waals surface area contributed by atoms with Gasteiger partial charge in [-0.05, 0) is 96.6 Å². The number of allylic oxidation sites excluding steroid dienone is 6. The van der Waals surface area contributed by atoms with Crippen LogP contribution >= 0.6 is 0 Å². The van der Waals surface area contributed by atoms with Gasteiger partial charge in [0.2, 0.25) is 5.69 Å². The topological polar surface area (TPSA) is 140 Å². The molecule has 0 saturated heterocycles. The Morgan fingerprint density at radius 3 is 2.19 bits per heavy atom. The van der Waals surface area contributed by atoms with E-state index < -0.39 is 21.5 Å². The van der Waals surface area contributed by atoms with Gasteiger partial charge in [-0.3, -0.25) is 19.1 Å². The average molecular weight is 854 g/mol. The third-order valence-corrected chi connectivity index (χ3v) is 13.1. The number of pyridine rings is 1. The van der Waals surface area contributed by atoms with Crippen molar-refractivity contribution in [2.75, 3.05) is 30.3 Å². The van der Waals surface area contributed by atoms with Gasteiger partial charge >= 0.3 is 5.97 Å². The van der Waals surface area contributed by atoms with Gasteiger partial charge in [0.05, 0.1) is 22.4 Å². The van der Waals surface area contributed by atoms with Crippen molar-refractivity contribution in [2.45, 2.75) is 84.0 Å². The van der Waals surface area contributed by atoms with Gasteiger partial charge in [-0.15, -0.1) is 0 Å². The number of hydrogen-bond acceptors (Lipinski definition) is 6. The zero-order valence-corrected chi connectivity index (χ0v) is 37.1. The Hall–Kier alpha value is -5.91. The highest BCUT2D eigenvalue weighted by atomic mass is 32.2. The summed E-state index contributed by atoms with van der Waals surface area (Å²) in [6.45, 7) is 12.8. The number of fused-ring (bicyclic) bond motifs is 6.